The number of ether oxygens (including phenoxy) is 2. The average Bonchev–Trinajstić information content (AvgIpc) is 2.43. The summed E-state index contributed by atoms with van der Waals surface area (Å²) in [5.41, 5.74) is 0.856. The molecule has 0 radical (unpaired) electrons. The molecule has 1 rings (SSSR count). The van der Waals surface area contributed by atoms with E-state index in [-0.39, 0.29) is 6.04 Å². The normalized spacial score (nSPS) is 14.2. The van der Waals surface area contributed by atoms with Crippen molar-refractivity contribution in [2.24, 2.45) is 0 Å². The fourth-order valence-corrected chi connectivity index (χ4v) is 1.77. The van der Waals surface area contributed by atoms with E-state index >= 15 is 0 Å². The second-order valence-electron chi connectivity index (χ2n) is 4.26. The second-order valence-corrected chi connectivity index (χ2v) is 4.26. The molecule has 0 heterocycles. The van der Waals surface area contributed by atoms with Crippen LogP contribution in [0.15, 0.2) is 24.3 Å². The summed E-state index contributed by atoms with van der Waals surface area (Å²) in [6, 6.07) is 7.76. The Hall–Kier alpha value is -1.10. The molecule has 102 valence electrons. The van der Waals surface area contributed by atoms with Crippen molar-refractivity contribution >= 4 is 0 Å². The molecule has 1 aromatic rings. The smallest absolute Gasteiger partial charge is 0.119 e. The Morgan fingerprint density at radius 3 is 2.72 bits per heavy atom. The molecule has 0 spiro atoms. The lowest BCUT2D eigenvalue weighted by molar-refractivity contribution is 0.137. The van der Waals surface area contributed by atoms with E-state index in [0.717, 1.165) is 17.7 Å². The van der Waals surface area contributed by atoms with Gasteiger partial charge in [-0.05, 0) is 24.1 Å². The highest BCUT2D eigenvalue weighted by Crippen LogP contribution is 2.18. The SMILES string of the molecule is CCC(COC)NCC(O)c1cccc(OC)c1. The van der Waals surface area contributed by atoms with Crippen molar-refractivity contribution in [3.8, 4) is 5.75 Å². The maximum Gasteiger partial charge on any atom is 0.119 e. The first-order valence-corrected chi connectivity index (χ1v) is 6.25. The van der Waals surface area contributed by atoms with Gasteiger partial charge in [0, 0.05) is 19.7 Å². The van der Waals surface area contributed by atoms with E-state index in [0.29, 0.717) is 13.2 Å². The van der Waals surface area contributed by atoms with E-state index in [1.807, 2.05) is 24.3 Å². The number of nitrogens with one attached hydrogen (secondary N) is 1. The van der Waals surface area contributed by atoms with Crippen LogP contribution in [0.25, 0.3) is 0 Å². The summed E-state index contributed by atoms with van der Waals surface area (Å²) in [6.45, 7) is 3.25. The predicted octanol–water partition coefficient (Wildman–Crippen LogP) is 1.74. The van der Waals surface area contributed by atoms with Gasteiger partial charge in [-0.1, -0.05) is 19.1 Å². The Morgan fingerprint density at radius 1 is 1.33 bits per heavy atom. The zero-order chi connectivity index (χ0) is 13.4. The van der Waals surface area contributed by atoms with Gasteiger partial charge in [-0.25, -0.2) is 0 Å². The van der Waals surface area contributed by atoms with E-state index in [9.17, 15) is 5.11 Å². The molecule has 2 unspecified atom stereocenters. The first-order valence-electron chi connectivity index (χ1n) is 6.25. The number of hydrogen-bond donors (Lipinski definition) is 2. The van der Waals surface area contributed by atoms with Crippen molar-refractivity contribution in [2.45, 2.75) is 25.5 Å². The van der Waals surface area contributed by atoms with Gasteiger partial charge in [0.15, 0.2) is 0 Å². The molecule has 2 N–H and O–H groups in total. The third-order valence-electron chi connectivity index (χ3n) is 2.94. The van der Waals surface area contributed by atoms with Gasteiger partial charge < -0.3 is 19.9 Å². The monoisotopic (exact) mass is 253 g/mol. The number of benzene rings is 1. The fourth-order valence-electron chi connectivity index (χ4n) is 1.77. The quantitative estimate of drug-likeness (QED) is 0.741. The minimum Gasteiger partial charge on any atom is -0.497 e. The van der Waals surface area contributed by atoms with Crippen LogP contribution in [0.5, 0.6) is 5.75 Å². The molecule has 4 heteroatoms. The van der Waals surface area contributed by atoms with E-state index in [4.69, 9.17) is 9.47 Å². The van der Waals surface area contributed by atoms with Gasteiger partial charge >= 0.3 is 0 Å². The Morgan fingerprint density at radius 2 is 2.11 bits per heavy atom. The van der Waals surface area contributed by atoms with Crippen LogP contribution in [0, 0.1) is 0 Å². The van der Waals surface area contributed by atoms with Crippen LogP contribution in [0.3, 0.4) is 0 Å². The maximum atomic E-state index is 10.1. The highest BCUT2D eigenvalue weighted by atomic mass is 16.5. The van der Waals surface area contributed by atoms with Crippen LogP contribution in [0.2, 0.25) is 0 Å². The largest absolute Gasteiger partial charge is 0.497 e. The lowest BCUT2D eigenvalue weighted by Gasteiger charge is -2.19. The molecule has 0 aliphatic rings. The van der Waals surface area contributed by atoms with Gasteiger partial charge in [0.2, 0.25) is 0 Å². The highest BCUT2D eigenvalue weighted by molar-refractivity contribution is 5.29. The first-order chi connectivity index (χ1) is 8.71. The highest BCUT2D eigenvalue weighted by Gasteiger charge is 2.11. The Kier molecular flexibility index (Phi) is 6.72. The topological polar surface area (TPSA) is 50.7 Å². The van der Waals surface area contributed by atoms with E-state index in [1.165, 1.54) is 0 Å². The van der Waals surface area contributed by atoms with Crippen LogP contribution in [0.4, 0.5) is 0 Å². The third kappa shape index (κ3) is 4.64. The standard InChI is InChI=1S/C14H23NO3/c1-4-12(10-17-2)15-9-14(16)11-6-5-7-13(8-11)18-3/h5-8,12,14-16H,4,9-10H2,1-3H3. The summed E-state index contributed by atoms with van der Waals surface area (Å²) in [7, 11) is 3.30. The summed E-state index contributed by atoms with van der Waals surface area (Å²) in [5.74, 6) is 0.760. The molecule has 0 saturated carbocycles. The summed E-state index contributed by atoms with van der Waals surface area (Å²) < 4.78 is 10.2. The molecule has 4 nitrogen and oxygen atoms in total. The van der Waals surface area contributed by atoms with Gasteiger partial charge in [0.05, 0.1) is 19.8 Å². The number of rotatable bonds is 8. The first kappa shape index (κ1) is 15.0. The molecule has 0 bridgehead atoms. The maximum absolute atomic E-state index is 10.1. The van der Waals surface area contributed by atoms with Crippen LogP contribution in [0.1, 0.15) is 25.0 Å². The van der Waals surface area contributed by atoms with Crippen molar-refractivity contribution in [1.82, 2.24) is 5.32 Å². The van der Waals surface area contributed by atoms with E-state index in [1.54, 1.807) is 14.2 Å². The third-order valence-corrected chi connectivity index (χ3v) is 2.94. The Labute approximate surface area is 109 Å². The zero-order valence-corrected chi connectivity index (χ0v) is 11.3. The molecule has 0 amide bonds. The van der Waals surface area contributed by atoms with Gasteiger partial charge in [-0.15, -0.1) is 0 Å². The van der Waals surface area contributed by atoms with Gasteiger partial charge in [0.25, 0.3) is 0 Å². The van der Waals surface area contributed by atoms with Crippen LogP contribution >= 0.6 is 0 Å². The lowest BCUT2D eigenvalue weighted by Crippen LogP contribution is -2.35. The number of aliphatic hydroxyl groups is 1. The predicted molar refractivity (Wildman–Crippen MR) is 71.9 cm³/mol. The van der Waals surface area contributed by atoms with Crippen molar-refractivity contribution in [2.75, 3.05) is 27.4 Å². The average molecular weight is 253 g/mol. The Bertz CT molecular complexity index is 344. The second kappa shape index (κ2) is 8.08. The van der Waals surface area contributed by atoms with Crippen molar-refractivity contribution in [3.05, 3.63) is 29.8 Å². The Balaban J connectivity index is 2.50. The minimum absolute atomic E-state index is 0.273. The van der Waals surface area contributed by atoms with Crippen LogP contribution in [-0.2, 0) is 4.74 Å². The molecule has 0 fully saturated rings. The van der Waals surface area contributed by atoms with Gasteiger partial charge in [0.1, 0.15) is 5.75 Å². The van der Waals surface area contributed by atoms with Crippen molar-refractivity contribution in [1.29, 1.82) is 0 Å². The summed E-state index contributed by atoms with van der Waals surface area (Å²) in [6.07, 6.45) is 0.435. The van der Waals surface area contributed by atoms with Crippen molar-refractivity contribution < 1.29 is 14.6 Å². The van der Waals surface area contributed by atoms with E-state index < -0.39 is 6.10 Å². The molecule has 0 saturated heterocycles. The molecule has 0 aromatic heterocycles. The van der Waals surface area contributed by atoms with Crippen molar-refractivity contribution in [3.63, 3.8) is 0 Å². The summed E-state index contributed by atoms with van der Waals surface area (Å²) in [4.78, 5) is 0. The fraction of sp³-hybridized carbons (Fsp3) is 0.571. The molecule has 0 aliphatic carbocycles. The van der Waals surface area contributed by atoms with Gasteiger partial charge in [-0.3, -0.25) is 0 Å². The lowest BCUT2D eigenvalue weighted by atomic mass is 10.1. The molecule has 18 heavy (non-hydrogen) atoms. The van der Waals surface area contributed by atoms with Crippen LogP contribution < -0.4 is 10.1 Å². The van der Waals surface area contributed by atoms with Crippen LogP contribution in [-0.4, -0.2) is 38.5 Å². The van der Waals surface area contributed by atoms with Gasteiger partial charge in [-0.2, -0.15) is 0 Å². The molecular weight excluding hydrogens is 230 g/mol. The number of methoxy groups -OCH3 is 2. The zero-order valence-electron chi connectivity index (χ0n) is 11.3. The summed E-state index contributed by atoms with van der Waals surface area (Å²) >= 11 is 0. The number of hydrogen-bond acceptors (Lipinski definition) is 4. The molecule has 0 aliphatic heterocycles. The van der Waals surface area contributed by atoms with E-state index in [2.05, 4.69) is 12.2 Å². The molecular formula is C14H23NO3. The molecule has 2 atom stereocenters. The minimum atomic E-state index is -0.536. The number of aliphatic hydroxyl groups excluding tert-OH is 1. The molecule has 1 aromatic carbocycles. The summed E-state index contributed by atoms with van der Waals surface area (Å²) in [5, 5.41) is 13.4.